The summed E-state index contributed by atoms with van der Waals surface area (Å²) in [6.07, 6.45) is 2.07. The van der Waals surface area contributed by atoms with Crippen LogP contribution in [0.1, 0.15) is 26.3 Å². The molecule has 0 fully saturated rings. The summed E-state index contributed by atoms with van der Waals surface area (Å²) >= 11 is 0. The molecule has 4 nitrogen and oxygen atoms in total. The van der Waals surface area contributed by atoms with Crippen molar-refractivity contribution in [1.29, 1.82) is 0 Å². The van der Waals surface area contributed by atoms with Crippen LogP contribution in [0.2, 0.25) is 0 Å². The van der Waals surface area contributed by atoms with Gasteiger partial charge in [-0.1, -0.05) is 0 Å². The first-order chi connectivity index (χ1) is 9.48. The Morgan fingerprint density at radius 2 is 1.90 bits per heavy atom. The van der Waals surface area contributed by atoms with Crippen LogP contribution in [0, 0.1) is 0 Å². The van der Waals surface area contributed by atoms with Gasteiger partial charge < -0.3 is 15.4 Å². The third kappa shape index (κ3) is 4.02. The Bertz CT molecular complexity index is 510. The second-order valence-electron chi connectivity index (χ2n) is 5.86. The van der Waals surface area contributed by atoms with E-state index in [-0.39, 0.29) is 5.54 Å². The molecule has 4 heteroatoms. The van der Waals surface area contributed by atoms with Gasteiger partial charge in [0.15, 0.2) is 0 Å². The average Bonchev–Trinajstić information content (AvgIpc) is 2.62. The maximum atomic E-state index is 5.19. The van der Waals surface area contributed by atoms with Crippen molar-refractivity contribution in [2.24, 2.45) is 4.99 Å². The van der Waals surface area contributed by atoms with Crippen molar-refractivity contribution in [2.45, 2.75) is 26.3 Å². The fourth-order valence-electron chi connectivity index (χ4n) is 2.02. The van der Waals surface area contributed by atoms with E-state index in [1.54, 1.807) is 7.11 Å². The van der Waals surface area contributed by atoms with Crippen molar-refractivity contribution in [2.75, 3.05) is 20.2 Å². The molecule has 0 radical (unpaired) electrons. The minimum absolute atomic E-state index is 0.00465. The predicted octanol–water partition coefficient (Wildman–Crippen LogP) is 2.43. The van der Waals surface area contributed by atoms with Gasteiger partial charge in [0.25, 0.3) is 0 Å². The average molecular weight is 273 g/mol. The van der Waals surface area contributed by atoms with Gasteiger partial charge in [-0.25, -0.2) is 0 Å². The number of methoxy groups -OCH3 is 1. The maximum Gasteiger partial charge on any atom is 0.123 e. The quantitative estimate of drug-likeness (QED) is 0.870. The van der Waals surface area contributed by atoms with Gasteiger partial charge in [-0.3, -0.25) is 4.99 Å². The molecule has 1 aliphatic rings. The number of benzene rings is 1. The molecular weight excluding hydrogens is 250 g/mol. The van der Waals surface area contributed by atoms with Crippen LogP contribution < -0.4 is 15.4 Å². The van der Waals surface area contributed by atoms with Gasteiger partial charge in [0.05, 0.1) is 13.7 Å². The van der Waals surface area contributed by atoms with Gasteiger partial charge in [-0.2, -0.15) is 0 Å². The molecule has 2 rings (SSSR count). The van der Waals surface area contributed by atoms with Crippen molar-refractivity contribution in [1.82, 2.24) is 10.6 Å². The highest BCUT2D eigenvalue weighted by Gasteiger charge is 2.13. The molecule has 0 saturated heterocycles. The third-order valence-electron chi connectivity index (χ3n) is 2.89. The SMILES string of the molecule is COc1ccc(C2=CC(NC(C)(C)C)=NCCN2)cc1. The normalized spacial score (nSPS) is 15.6. The van der Waals surface area contributed by atoms with E-state index in [2.05, 4.69) is 54.6 Å². The molecule has 0 aliphatic carbocycles. The molecule has 0 saturated carbocycles. The van der Waals surface area contributed by atoms with Crippen molar-refractivity contribution in [3.63, 3.8) is 0 Å². The Labute approximate surface area is 120 Å². The molecule has 0 aromatic heterocycles. The minimum Gasteiger partial charge on any atom is -0.497 e. The molecule has 1 aromatic carbocycles. The number of nitrogens with one attached hydrogen (secondary N) is 2. The lowest BCUT2D eigenvalue weighted by molar-refractivity contribution is 0.415. The van der Waals surface area contributed by atoms with Crippen LogP contribution >= 0.6 is 0 Å². The molecule has 108 valence electrons. The van der Waals surface area contributed by atoms with E-state index in [1.807, 2.05) is 12.1 Å². The van der Waals surface area contributed by atoms with E-state index in [1.165, 1.54) is 0 Å². The smallest absolute Gasteiger partial charge is 0.123 e. The van der Waals surface area contributed by atoms with Crippen LogP contribution in [-0.2, 0) is 0 Å². The highest BCUT2D eigenvalue weighted by Crippen LogP contribution is 2.17. The molecule has 2 N–H and O–H groups in total. The zero-order valence-corrected chi connectivity index (χ0v) is 12.7. The Balaban J connectivity index is 2.22. The first-order valence-corrected chi connectivity index (χ1v) is 6.90. The predicted molar refractivity (Wildman–Crippen MR) is 84.2 cm³/mol. The summed E-state index contributed by atoms with van der Waals surface area (Å²) in [5, 5.41) is 6.85. The van der Waals surface area contributed by atoms with E-state index in [4.69, 9.17) is 4.74 Å². The van der Waals surface area contributed by atoms with Gasteiger partial charge in [-0.05, 0) is 50.6 Å². The van der Waals surface area contributed by atoms with Gasteiger partial charge >= 0.3 is 0 Å². The van der Waals surface area contributed by atoms with Crippen molar-refractivity contribution >= 4 is 11.5 Å². The van der Waals surface area contributed by atoms with E-state index in [0.717, 1.165) is 35.9 Å². The Kier molecular flexibility index (Phi) is 4.32. The molecule has 0 spiro atoms. The number of ether oxygens (including phenoxy) is 1. The molecule has 1 aromatic rings. The molecule has 0 atom stereocenters. The molecular formula is C16H23N3O. The van der Waals surface area contributed by atoms with Gasteiger partial charge in [0, 0.05) is 23.9 Å². The van der Waals surface area contributed by atoms with Crippen LogP contribution in [0.25, 0.3) is 5.70 Å². The number of hydrogen-bond acceptors (Lipinski definition) is 4. The Morgan fingerprint density at radius 3 is 2.50 bits per heavy atom. The number of aliphatic imine (C=N–C) groups is 1. The van der Waals surface area contributed by atoms with Gasteiger partial charge in [0.1, 0.15) is 11.6 Å². The summed E-state index contributed by atoms with van der Waals surface area (Å²) in [5.74, 6) is 1.79. The fraction of sp³-hybridized carbons (Fsp3) is 0.438. The zero-order chi connectivity index (χ0) is 14.6. The standard InChI is InChI=1S/C16H23N3O/c1-16(2,3)19-15-11-14(17-9-10-18-15)12-5-7-13(20-4)8-6-12/h5-8,11,17H,9-10H2,1-4H3,(H,18,19). The topological polar surface area (TPSA) is 45.6 Å². The summed E-state index contributed by atoms with van der Waals surface area (Å²) in [7, 11) is 1.68. The summed E-state index contributed by atoms with van der Waals surface area (Å²) in [6, 6.07) is 8.04. The number of hydrogen-bond donors (Lipinski definition) is 2. The number of rotatable bonds is 2. The first-order valence-electron chi connectivity index (χ1n) is 6.90. The highest BCUT2D eigenvalue weighted by molar-refractivity contribution is 5.99. The third-order valence-corrected chi connectivity index (χ3v) is 2.89. The Morgan fingerprint density at radius 1 is 1.20 bits per heavy atom. The van der Waals surface area contributed by atoms with Crippen LogP contribution in [0.4, 0.5) is 0 Å². The van der Waals surface area contributed by atoms with Crippen molar-refractivity contribution in [3.05, 3.63) is 35.9 Å². The van der Waals surface area contributed by atoms with E-state index < -0.39 is 0 Å². The van der Waals surface area contributed by atoms with E-state index >= 15 is 0 Å². The fourth-order valence-corrected chi connectivity index (χ4v) is 2.02. The molecule has 1 aliphatic heterocycles. The van der Waals surface area contributed by atoms with E-state index in [0.29, 0.717) is 0 Å². The zero-order valence-electron chi connectivity index (χ0n) is 12.7. The van der Waals surface area contributed by atoms with Gasteiger partial charge in [0.2, 0.25) is 0 Å². The molecule has 0 bridgehead atoms. The second kappa shape index (κ2) is 5.99. The molecule has 20 heavy (non-hydrogen) atoms. The lowest BCUT2D eigenvalue weighted by Crippen LogP contribution is -2.40. The van der Waals surface area contributed by atoms with Gasteiger partial charge in [-0.15, -0.1) is 0 Å². The summed E-state index contributed by atoms with van der Waals surface area (Å²) < 4.78 is 5.19. The van der Waals surface area contributed by atoms with Crippen molar-refractivity contribution in [3.8, 4) is 5.75 Å². The molecule has 1 heterocycles. The second-order valence-corrected chi connectivity index (χ2v) is 5.86. The van der Waals surface area contributed by atoms with E-state index in [9.17, 15) is 0 Å². The number of nitrogens with zero attached hydrogens (tertiary/aromatic N) is 1. The van der Waals surface area contributed by atoms with Crippen LogP contribution in [0.15, 0.2) is 35.3 Å². The molecule has 0 unspecified atom stereocenters. The Hall–Kier alpha value is -1.97. The largest absolute Gasteiger partial charge is 0.497 e. The maximum absolute atomic E-state index is 5.19. The summed E-state index contributed by atoms with van der Waals surface area (Å²) in [5.41, 5.74) is 2.22. The lowest BCUT2D eigenvalue weighted by atomic mass is 10.1. The number of amidine groups is 1. The minimum atomic E-state index is 0.00465. The summed E-state index contributed by atoms with van der Waals surface area (Å²) in [4.78, 5) is 4.56. The summed E-state index contributed by atoms with van der Waals surface area (Å²) in [6.45, 7) is 8.01. The first kappa shape index (κ1) is 14.4. The van der Waals surface area contributed by atoms with Crippen molar-refractivity contribution < 1.29 is 4.74 Å². The van der Waals surface area contributed by atoms with Crippen LogP contribution in [0.3, 0.4) is 0 Å². The lowest BCUT2D eigenvalue weighted by Gasteiger charge is -2.22. The highest BCUT2D eigenvalue weighted by atomic mass is 16.5. The monoisotopic (exact) mass is 273 g/mol. The molecule has 0 amide bonds. The van der Waals surface area contributed by atoms with Crippen LogP contribution in [-0.4, -0.2) is 31.6 Å². The van der Waals surface area contributed by atoms with Crippen LogP contribution in [0.5, 0.6) is 5.75 Å².